The van der Waals surface area contributed by atoms with E-state index in [0.29, 0.717) is 31.7 Å². The van der Waals surface area contributed by atoms with Gasteiger partial charge in [-0.05, 0) is 25.0 Å². The number of H-pyrrole nitrogens is 1. The summed E-state index contributed by atoms with van der Waals surface area (Å²) in [4.78, 5) is 31.5. The van der Waals surface area contributed by atoms with Crippen LogP contribution < -0.4 is 5.43 Å². The number of amides is 1. The summed E-state index contributed by atoms with van der Waals surface area (Å²) in [6.07, 6.45) is -3.38. The zero-order valence-electron chi connectivity index (χ0n) is 14.4. The first-order valence-corrected chi connectivity index (χ1v) is 8.53. The summed E-state index contributed by atoms with van der Waals surface area (Å²) in [5, 5.41) is 0.188. The summed E-state index contributed by atoms with van der Waals surface area (Å²) in [6.45, 7) is 2.60. The zero-order chi connectivity index (χ0) is 19.3. The number of carbonyl (C=O) groups excluding carboxylic acids is 1. The fourth-order valence-electron chi connectivity index (χ4n) is 3.52. The highest BCUT2D eigenvalue weighted by Crippen LogP contribution is 2.33. The highest BCUT2D eigenvalue weighted by Gasteiger charge is 2.35. The third-order valence-corrected chi connectivity index (χ3v) is 4.98. The van der Waals surface area contributed by atoms with Gasteiger partial charge in [-0.15, -0.1) is 0 Å². The van der Waals surface area contributed by atoms with Crippen LogP contribution in [0, 0.1) is 0 Å². The minimum atomic E-state index is -4.62. The fraction of sp³-hybridized carbons (Fsp3) is 0.389. The Bertz CT molecular complexity index is 1090. The van der Waals surface area contributed by atoms with E-state index in [1.807, 2.05) is 0 Å². The number of imidazole rings is 1. The molecule has 4 rings (SSSR count). The van der Waals surface area contributed by atoms with E-state index in [0.717, 1.165) is 0 Å². The number of rotatable bonds is 1. The van der Waals surface area contributed by atoms with Gasteiger partial charge < -0.3 is 14.3 Å². The van der Waals surface area contributed by atoms with Gasteiger partial charge in [0.25, 0.3) is 0 Å². The van der Waals surface area contributed by atoms with Crippen LogP contribution in [0.2, 0.25) is 0 Å². The molecule has 142 valence electrons. The van der Waals surface area contributed by atoms with Crippen molar-refractivity contribution in [1.29, 1.82) is 0 Å². The number of aromatic nitrogens is 2. The quantitative estimate of drug-likeness (QED) is 0.703. The van der Waals surface area contributed by atoms with Crippen LogP contribution in [0.25, 0.3) is 22.0 Å². The van der Waals surface area contributed by atoms with Crippen molar-refractivity contribution in [3.8, 4) is 0 Å². The van der Waals surface area contributed by atoms with E-state index in [2.05, 4.69) is 9.97 Å². The standard InChI is InChI=1S/C18H16F3N3O3/c1-9(25)24-6-4-10(5-7-24)14-8-13(26)11-2-3-12-15(16(11)27-14)23-17(22-12)18(19,20)21/h2-3,8,10H,4-7H2,1H3,(H,22,23). The van der Waals surface area contributed by atoms with Gasteiger partial charge in [-0.3, -0.25) is 9.59 Å². The van der Waals surface area contributed by atoms with Crippen LogP contribution in [0.3, 0.4) is 0 Å². The second-order valence-corrected chi connectivity index (χ2v) is 6.71. The van der Waals surface area contributed by atoms with Gasteiger partial charge in [-0.2, -0.15) is 13.2 Å². The van der Waals surface area contributed by atoms with Gasteiger partial charge in [0.1, 0.15) is 11.3 Å². The van der Waals surface area contributed by atoms with Gasteiger partial charge >= 0.3 is 6.18 Å². The van der Waals surface area contributed by atoms with Gasteiger partial charge in [0.2, 0.25) is 11.7 Å². The van der Waals surface area contributed by atoms with Crippen LogP contribution >= 0.6 is 0 Å². The number of alkyl halides is 3. The molecule has 0 spiro atoms. The summed E-state index contributed by atoms with van der Waals surface area (Å²) in [5.74, 6) is -0.798. The molecule has 3 aromatic rings. The van der Waals surface area contributed by atoms with Crippen molar-refractivity contribution in [2.24, 2.45) is 0 Å². The maximum absolute atomic E-state index is 13.0. The Kier molecular flexibility index (Phi) is 3.97. The van der Waals surface area contributed by atoms with E-state index >= 15 is 0 Å². The van der Waals surface area contributed by atoms with Crippen molar-refractivity contribution in [3.63, 3.8) is 0 Å². The molecule has 3 heterocycles. The lowest BCUT2D eigenvalue weighted by Crippen LogP contribution is -2.36. The molecule has 1 aliphatic rings. The first-order chi connectivity index (χ1) is 12.7. The van der Waals surface area contributed by atoms with E-state index in [1.165, 1.54) is 25.1 Å². The topological polar surface area (TPSA) is 79.2 Å². The SMILES string of the molecule is CC(=O)N1CCC(c2cc(=O)c3ccc4[nH]c(C(F)(F)F)nc4c3o2)CC1. The molecule has 1 amide bonds. The zero-order valence-corrected chi connectivity index (χ0v) is 14.4. The van der Waals surface area contributed by atoms with E-state index in [4.69, 9.17) is 4.42 Å². The molecule has 1 N–H and O–H groups in total. The molecule has 1 aromatic carbocycles. The number of nitrogens with zero attached hydrogens (tertiary/aromatic N) is 2. The Hall–Kier alpha value is -2.84. The number of halogens is 3. The number of fused-ring (bicyclic) bond motifs is 3. The largest absolute Gasteiger partial charge is 0.458 e. The van der Waals surface area contributed by atoms with Crippen LogP contribution in [-0.2, 0) is 11.0 Å². The van der Waals surface area contributed by atoms with Crippen LogP contribution in [0.15, 0.2) is 27.4 Å². The van der Waals surface area contributed by atoms with Gasteiger partial charge in [-0.25, -0.2) is 4.98 Å². The smallest absolute Gasteiger partial charge is 0.449 e. The Morgan fingerprint density at radius 3 is 2.63 bits per heavy atom. The number of aromatic amines is 1. The second kappa shape index (κ2) is 6.11. The van der Waals surface area contributed by atoms with E-state index in [-0.39, 0.29) is 39.3 Å². The third kappa shape index (κ3) is 3.07. The Morgan fingerprint density at radius 2 is 2.00 bits per heavy atom. The number of carbonyl (C=O) groups is 1. The molecule has 27 heavy (non-hydrogen) atoms. The third-order valence-electron chi connectivity index (χ3n) is 4.98. The van der Waals surface area contributed by atoms with Crippen molar-refractivity contribution in [3.05, 3.63) is 40.0 Å². The lowest BCUT2D eigenvalue weighted by atomic mass is 9.93. The van der Waals surface area contributed by atoms with Crippen molar-refractivity contribution >= 4 is 27.9 Å². The molecule has 2 aromatic heterocycles. The highest BCUT2D eigenvalue weighted by molar-refractivity contribution is 6.00. The van der Waals surface area contributed by atoms with Gasteiger partial charge in [0.05, 0.1) is 10.9 Å². The molecule has 0 saturated carbocycles. The predicted octanol–water partition coefficient (Wildman–Crippen LogP) is 3.41. The average Bonchev–Trinajstić information content (AvgIpc) is 3.07. The Morgan fingerprint density at radius 1 is 1.30 bits per heavy atom. The van der Waals surface area contributed by atoms with E-state index < -0.39 is 12.0 Å². The molecule has 0 radical (unpaired) electrons. The first-order valence-electron chi connectivity index (χ1n) is 8.53. The highest BCUT2D eigenvalue weighted by atomic mass is 19.4. The summed E-state index contributed by atoms with van der Waals surface area (Å²) in [5.41, 5.74) is -0.129. The van der Waals surface area contributed by atoms with Gasteiger partial charge in [-0.1, -0.05) is 0 Å². The number of likely N-dealkylation sites (tertiary alicyclic amines) is 1. The number of piperidine rings is 1. The van der Waals surface area contributed by atoms with Crippen molar-refractivity contribution in [2.75, 3.05) is 13.1 Å². The van der Waals surface area contributed by atoms with Gasteiger partial charge in [0.15, 0.2) is 11.0 Å². The van der Waals surface area contributed by atoms with E-state index in [9.17, 15) is 22.8 Å². The number of hydrogen-bond donors (Lipinski definition) is 1. The van der Waals surface area contributed by atoms with Crippen LogP contribution in [0.1, 0.15) is 37.3 Å². The summed E-state index contributed by atoms with van der Waals surface area (Å²) >= 11 is 0. The second-order valence-electron chi connectivity index (χ2n) is 6.71. The van der Waals surface area contributed by atoms with Crippen LogP contribution in [-0.4, -0.2) is 33.9 Å². The lowest BCUT2D eigenvalue weighted by Gasteiger charge is -2.30. The minimum absolute atomic E-state index is 0.00803. The average molecular weight is 379 g/mol. The lowest BCUT2D eigenvalue weighted by molar-refractivity contribution is -0.144. The number of benzene rings is 1. The molecule has 6 nitrogen and oxygen atoms in total. The summed E-state index contributed by atoms with van der Waals surface area (Å²) in [7, 11) is 0. The molecular weight excluding hydrogens is 363 g/mol. The molecule has 1 saturated heterocycles. The Balaban J connectivity index is 1.80. The minimum Gasteiger partial charge on any atom is -0.458 e. The monoisotopic (exact) mass is 379 g/mol. The molecular formula is C18H16F3N3O3. The maximum atomic E-state index is 13.0. The van der Waals surface area contributed by atoms with Crippen molar-refractivity contribution < 1.29 is 22.4 Å². The van der Waals surface area contributed by atoms with Crippen molar-refractivity contribution in [1.82, 2.24) is 14.9 Å². The molecule has 1 fully saturated rings. The van der Waals surface area contributed by atoms with Crippen molar-refractivity contribution in [2.45, 2.75) is 31.9 Å². The number of nitrogens with one attached hydrogen (secondary N) is 1. The van der Waals surface area contributed by atoms with Gasteiger partial charge in [0, 0.05) is 32.0 Å². The summed E-state index contributed by atoms with van der Waals surface area (Å²) in [6, 6.07) is 4.21. The molecule has 0 atom stereocenters. The summed E-state index contributed by atoms with van der Waals surface area (Å²) < 4.78 is 44.7. The van der Waals surface area contributed by atoms with Crippen LogP contribution in [0.4, 0.5) is 13.2 Å². The first kappa shape index (κ1) is 17.6. The van der Waals surface area contributed by atoms with Crippen LogP contribution in [0.5, 0.6) is 0 Å². The maximum Gasteiger partial charge on any atom is 0.449 e. The Labute approximate surface area is 151 Å². The predicted molar refractivity (Wildman–Crippen MR) is 91.4 cm³/mol. The molecule has 0 aliphatic carbocycles. The molecule has 0 bridgehead atoms. The number of hydrogen-bond acceptors (Lipinski definition) is 4. The van der Waals surface area contributed by atoms with E-state index in [1.54, 1.807) is 4.90 Å². The molecule has 9 heteroatoms. The normalized spacial score (nSPS) is 16.4. The molecule has 0 unspecified atom stereocenters. The molecule has 1 aliphatic heterocycles. The fourth-order valence-corrected chi connectivity index (χ4v) is 3.52.